The first kappa shape index (κ1) is 20.8. The first-order valence-corrected chi connectivity index (χ1v) is 11.4. The van der Waals surface area contributed by atoms with Crippen molar-refractivity contribution in [2.45, 2.75) is 32.2 Å². The summed E-state index contributed by atoms with van der Waals surface area (Å²) >= 11 is 5.01. The first-order chi connectivity index (χ1) is 14.4. The molecule has 0 fully saturated rings. The fourth-order valence-electron chi connectivity index (χ4n) is 3.20. The number of carbonyl (C=O) groups excluding carboxylic acids is 1. The number of rotatable bonds is 4. The van der Waals surface area contributed by atoms with Crippen LogP contribution in [0.2, 0.25) is 0 Å². The standard InChI is InChI=1S/C22H21BrN4O2S/c1-13(2)12-30-22-24-20-19(25-26-22)17-6-4-5-7-18(17)27(14(3)28)21(29-20)15-8-10-16(23)11-9-15/h4-11,13,21H,12H2,1-3H3. The Kier molecular flexibility index (Phi) is 6.06. The van der Waals surface area contributed by atoms with E-state index >= 15 is 0 Å². The zero-order valence-corrected chi connectivity index (χ0v) is 19.3. The van der Waals surface area contributed by atoms with Gasteiger partial charge in [0.05, 0.1) is 5.69 Å². The molecular formula is C22H21BrN4O2S. The first-order valence-electron chi connectivity index (χ1n) is 9.63. The summed E-state index contributed by atoms with van der Waals surface area (Å²) in [6, 6.07) is 15.3. The second-order valence-corrected chi connectivity index (χ2v) is 9.28. The van der Waals surface area contributed by atoms with Gasteiger partial charge in [0.2, 0.25) is 23.2 Å². The van der Waals surface area contributed by atoms with Crippen molar-refractivity contribution < 1.29 is 9.53 Å². The second-order valence-electron chi connectivity index (χ2n) is 7.38. The van der Waals surface area contributed by atoms with Gasteiger partial charge in [0, 0.05) is 28.3 Å². The number of hydrogen-bond acceptors (Lipinski definition) is 6. The van der Waals surface area contributed by atoms with Crippen LogP contribution in [0.4, 0.5) is 5.69 Å². The van der Waals surface area contributed by atoms with Crippen LogP contribution in [-0.4, -0.2) is 26.8 Å². The predicted octanol–water partition coefficient (Wildman–Crippen LogP) is 5.49. The molecule has 1 amide bonds. The van der Waals surface area contributed by atoms with E-state index in [1.54, 1.807) is 16.7 Å². The highest BCUT2D eigenvalue weighted by Crippen LogP contribution is 2.43. The van der Waals surface area contributed by atoms with Gasteiger partial charge < -0.3 is 4.74 Å². The number of benzene rings is 2. The monoisotopic (exact) mass is 484 g/mol. The summed E-state index contributed by atoms with van der Waals surface area (Å²) in [7, 11) is 0. The molecular weight excluding hydrogens is 464 g/mol. The molecule has 2 aromatic carbocycles. The second kappa shape index (κ2) is 8.73. The predicted molar refractivity (Wildman–Crippen MR) is 121 cm³/mol. The van der Waals surface area contributed by atoms with E-state index in [4.69, 9.17) is 4.74 Å². The molecule has 1 unspecified atom stereocenters. The summed E-state index contributed by atoms with van der Waals surface area (Å²) < 4.78 is 7.30. The van der Waals surface area contributed by atoms with Crippen LogP contribution in [0.1, 0.15) is 32.6 Å². The number of carbonyl (C=O) groups is 1. The van der Waals surface area contributed by atoms with Crippen LogP contribution in [0, 0.1) is 5.92 Å². The SMILES string of the molecule is CC(=O)N1c2ccccc2-c2nnc(SCC(C)C)nc2OC1c1ccc(Br)cc1. The molecule has 1 aromatic heterocycles. The topological polar surface area (TPSA) is 68.2 Å². The van der Waals surface area contributed by atoms with Gasteiger partial charge in [-0.15, -0.1) is 10.2 Å². The summed E-state index contributed by atoms with van der Waals surface area (Å²) in [6.45, 7) is 5.82. The smallest absolute Gasteiger partial charge is 0.247 e. The van der Waals surface area contributed by atoms with Gasteiger partial charge in [0.15, 0.2) is 5.69 Å². The summed E-state index contributed by atoms with van der Waals surface area (Å²) in [5.74, 6) is 1.63. The Balaban J connectivity index is 1.86. The largest absolute Gasteiger partial charge is 0.447 e. The van der Waals surface area contributed by atoms with Crippen molar-refractivity contribution in [3.05, 3.63) is 58.6 Å². The number of amides is 1. The summed E-state index contributed by atoms with van der Waals surface area (Å²) in [5, 5.41) is 9.29. The Labute approximate surface area is 188 Å². The summed E-state index contributed by atoms with van der Waals surface area (Å²) in [6.07, 6.45) is -0.669. The maximum absolute atomic E-state index is 12.7. The van der Waals surface area contributed by atoms with Crippen LogP contribution < -0.4 is 9.64 Å². The van der Waals surface area contributed by atoms with E-state index in [1.165, 1.54) is 6.92 Å². The van der Waals surface area contributed by atoms with E-state index < -0.39 is 6.23 Å². The number of thioether (sulfide) groups is 1. The third-order valence-electron chi connectivity index (χ3n) is 4.55. The molecule has 6 nitrogen and oxygen atoms in total. The lowest BCUT2D eigenvalue weighted by atomic mass is 10.1. The Morgan fingerprint density at radius 2 is 1.90 bits per heavy atom. The number of hydrogen-bond donors (Lipinski definition) is 0. The van der Waals surface area contributed by atoms with Crippen molar-refractivity contribution in [3.63, 3.8) is 0 Å². The molecule has 1 aliphatic heterocycles. The maximum Gasteiger partial charge on any atom is 0.247 e. The zero-order chi connectivity index (χ0) is 21.3. The zero-order valence-electron chi connectivity index (χ0n) is 16.9. The van der Waals surface area contributed by atoms with Crippen LogP contribution in [0.5, 0.6) is 5.88 Å². The molecule has 1 atom stereocenters. The van der Waals surface area contributed by atoms with Crippen LogP contribution in [0.25, 0.3) is 11.3 Å². The summed E-state index contributed by atoms with van der Waals surface area (Å²) in [4.78, 5) is 19.0. The summed E-state index contributed by atoms with van der Waals surface area (Å²) in [5.41, 5.74) is 2.86. The van der Waals surface area contributed by atoms with E-state index in [1.807, 2.05) is 48.5 Å². The van der Waals surface area contributed by atoms with E-state index in [2.05, 4.69) is 45.0 Å². The Bertz CT molecular complexity index is 1070. The van der Waals surface area contributed by atoms with Crippen molar-refractivity contribution in [3.8, 4) is 17.1 Å². The van der Waals surface area contributed by atoms with Crippen molar-refractivity contribution in [1.82, 2.24) is 15.2 Å². The van der Waals surface area contributed by atoms with Crippen LogP contribution >= 0.6 is 27.7 Å². The van der Waals surface area contributed by atoms with Gasteiger partial charge in [-0.2, -0.15) is 4.98 Å². The molecule has 0 aliphatic carbocycles. The molecule has 0 N–H and O–H groups in total. The third kappa shape index (κ3) is 4.20. The van der Waals surface area contributed by atoms with Crippen molar-refractivity contribution >= 4 is 39.3 Å². The lowest BCUT2D eigenvalue weighted by molar-refractivity contribution is -0.118. The normalized spacial score (nSPS) is 15.2. The fraction of sp³-hybridized carbons (Fsp3) is 0.273. The Hall–Kier alpha value is -2.45. The van der Waals surface area contributed by atoms with Crippen molar-refractivity contribution in [1.29, 1.82) is 0 Å². The molecule has 3 aromatic rings. The van der Waals surface area contributed by atoms with E-state index in [-0.39, 0.29) is 5.91 Å². The van der Waals surface area contributed by atoms with E-state index in [0.717, 1.165) is 27.0 Å². The number of anilines is 1. The van der Waals surface area contributed by atoms with Crippen LogP contribution in [0.15, 0.2) is 58.2 Å². The lowest BCUT2D eigenvalue weighted by Crippen LogP contribution is -2.36. The van der Waals surface area contributed by atoms with Gasteiger partial charge in [-0.05, 0) is 24.1 Å². The quantitative estimate of drug-likeness (QED) is 0.455. The number of para-hydroxylation sites is 1. The van der Waals surface area contributed by atoms with E-state index in [0.29, 0.717) is 22.6 Å². The van der Waals surface area contributed by atoms with E-state index in [9.17, 15) is 4.79 Å². The molecule has 2 heterocycles. The van der Waals surface area contributed by atoms with Gasteiger partial charge in [-0.25, -0.2) is 0 Å². The minimum absolute atomic E-state index is 0.134. The van der Waals surface area contributed by atoms with Crippen LogP contribution in [0.3, 0.4) is 0 Å². The molecule has 0 saturated carbocycles. The van der Waals surface area contributed by atoms with Gasteiger partial charge >= 0.3 is 0 Å². The number of nitrogens with zero attached hydrogens (tertiary/aromatic N) is 4. The minimum Gasteiger partial charge on any atom is -0.447 e. The van der Waals surface area contributed by atoms with Gasteiger partial charge in [-0.3, -0.25) is 9.69 Å². The highest BCUT2D eigenvalue weighted by molar-refractivity contribution is 9.10. The fourth-order valence-corrected chi connectivity index (χ4v) is 4.19. The molecule has 0 saturated heterocycles. The molecule has 8 heteroatoms. The highest BCUT2D eigenvalue weighted by Gasteiger charge is 2.34. The Morgan fingerprint density at radius 1 is 1.17 bits per heavy atom. The number of halogens is 1. The average Bonchev–Trinajstić information content (AvgIpc) is 2.87. The van der Waals surface area contributed by atoms with Crippen molar-refractivity contribution in [2.75, 3.05) is 10.7 Å². The average molecular weight is 485 g/mol. The minimum atomic E-state index is -0.669. The molecule has 0 radical (unpaired) electrons. The van der Waals surface area contributed by atoms with Gasteiger partial charge in [-0.1, -0.05) is 71.9 Å². The van der Waals surface area contributed by atoms with Gasteiger partial charge in [0.1, 0.15) is 0 Å². The van der Waals surface area contributed by atoms with Crippen LogP contribution in [-0.2, 0) is 4.79 Å². The van der Waals surface area contributed by atoms with Crippen molar-refractivity contribution in [2.24, 2.45) is 5.92 Å². The molecule has 0 spiro atoms. The lowest BCUT2D eigenvalue weighted by Gasteiger charge is -2.29. The number of aromatic nitrogens is 3. The number of fused-ring (bicyclic) bond motifs is 3. The number of ether oxygens (including phenoxy) is 1. The molecule has 0 bridgehead atoms. The molecule has 4 rings (SSSR count). The third-order valence-corrected chi connectivity index (χ3v) is 6.35. The molecule has 30 heavy (non-hydrogen) atoms. The maximum atomic E-state index is 12.7. The Morgan fingerprint density at radius 3 is 2.60 bits per heavy atom. The highest BCUT2D eigenvalue weighted by atomic mass is 79.9. The molecule has 1 aliphatic rings. The molecule has 154 valence electrons. The van der Waals surface area contributed by atoms with Gasteiger partial charge in [0.25, 0.3) is 0 Å².